The molecule has 8 heteroatoms. The van der Waals surface area contributed by atoms with Crippen molar-refractivity contribution in [3.8, 4) is 0 Å². The third kappa shape index (κ3) is 3.44. The molecule has 1 aliphatic carbocycles. The number of aromatic amines is 1. The van der Waals surface area contributed by atoms with Crippen LogP contribution >= 0.6 is 0 Å². The summed E-state index contributed by atoms with van der Waals surface area (Å²) in [6.07, 6.45) is 2.73. The van der Waals surface area contributed by atoms with Crippen molar-refractivity contribution < 1.29 is 9.59 Å². The molecule has 0 unspecified atom stereocenters. The lowest BCUT2D eigenvalue weighted by Crippen LogP contribution is -2.37. The Morgan fingerprint density at radius 1 is 1.35 bits per heavy atom. The Labute approximate surface area is 151 Å². The number of ketones is 1. The highest BCUT2D eigenvalue weighted by atomic mass is 16.2. The third-order valence-corrected chi connectivity index (χ3v) is 4.62. The van der Waals surface area contributed by atoms with Gasteiger partial charge in [0.25, 0.3) is 11.5 Å². The number of pyridine rings is 1. The Balaban J connectivity index is 1.93. The van der Waals surface area contributed by atoms with Gasteiger partial charge in [0, 0.05) is 37.5 Å². The molecular weight excluding hydrogens is 334 g/mol. The van der Waals surface area contributed by atoms with Gasteiger partial charge in [-0.3, -0.25) is 19.1 Å². The van der Waals surface area contributed by atoms with Gasteiger partial charge in [-0.25, -0.2) is 0 Å². The lowest BCUT2D eigenvalue weighted by Gasteiger charge is -2.30. The summed E-state index contributed by atoms with van der Waals surface area (Å²) < 4.78 is 1.56. The second-order valence-electron chi connectivity index (χ2n) is 7.55. The first-order chi connectivity index (χ1) is 12.2. The van der Waals surface area contributed by atoms with Gasteiger partial charge in [0.05, 0.1) is 6.54 Å². The molecule has 0 spiro atoms. The minimum absolute atomic E-state index is 0.0115. The van der Waals surface area contributed by atoms with Gasteiger partial charge in [-0.2, -0.15) is 0 Å². The Bertz CT molecular complexity index is 925. The van der Waals surface area contributed by atoms with E-state index in [1.54, 1.807) is 17.9 Å². The van der Waals surface area contributed by atoms with Crippen molar-refractivity contribution in [1.82, 2.24) is 24.9 Å². The van der Waals surface area contributed by atoms with Crippen LogP contribution in [0.2, 0.25) is 0 Å². The van der Waals surface area contributed by atoms with Crippen LogP contribution in [0.1, 0.15) is 59.3 Å². The van der Waals surface area contributed by atoms with Gasteiger partial charge in [-0.05, 0) is 24.8 Å². The van der Waals surface area contributed by atoms with Gasteiger partial charge >= 0.3 is 0 Å². The second kappa shape index (κ2) is 6.51. The predicted molar refractivity (Wildman–Crippen MR) is 94.9 cm³/mol. The molecule has 0 aromatic carbocycles. The summed E-state index contributed by atoms with van der Waals surface area (Å²) in [6.45, 7) is 6.47. The fourth-order valence-corrected chi connectivity index (χ4v) is 3.35. The van der Waals surface area contributed by atoms with Crippen molar-refractivity contribution in [3.63, 3.8) is 0 Å². The van der Waals surface area contributed by atoms with Crippen LogP contribution in [0, 0.1) is 5.41 Å². The second-order valence-corrected chi connectivity index (χ2v) is 7.55. The average Bonchev–Trinajstić information content (AvgIpc) is 2.95. The first-order valence-corrected chi connectivity index (χ1v) is 8.64. The van der Waals surface area contributed by atoms with Crippen molar-refractivity contribution >= 4 is 11.7 Å². The first kappa shape index (κ1) is 18.0. The summed E-state index contributed by atoms with van der Waals surface area (Å²) in [7, 11) is 1.75. The minimum atomic E-state index is -0.461. The smallest absolute Gasteiger partial charge is 0.261 e. The molecule has 138 valence electrons. The van der Waals surface area contributed by atoms with E-state index in [0.29, 0.717) is 36.3 Å². The highest BCUT2D eigenvalue weighted by Gasteiger charge is 2.33. The van der Waals surface area contributed by atoms with Gasteiger partial charge in [0.2, 0.25) is 0 Å². The maximum absolute atomic E-state index is 12.9. The highest BCUT2D eigenvalue weighted by Crippen LogP contribution is 2.33. The van der Waals surface area contributed by atoms with Crippen molar-refractivity contribution in [3.05, 3.63) is 45.1 Å². The summed E-state index contributed by atoms with van der Waals surface area (Å²) in [5.74, 6) is -0.460. The van der Waals surface area contributed by atoms with Crippen molar-refractivity contribution in [2.24, 2.45) is 12.5 Å². The van der Waals surface area contributed by atoms with Crippen LogP contribution in [0.3, 0.4) is 0 Å². The molecule has 1 aliphatic rings. The third-order valence-electron chi connectivity index (χ3n) is 4.62. The van der Waals surface area contributed by atoms with Gasteiger partial charge in [0.1, 0.15) is 11.3 Å². The largest absolute Gasteiger partial charge is 0.333 e. The summed E-state index contributed by atoms with van der Waals surface area (Å²) in [5.41, 5.74) is 1.03. The number of Topliss-reactive ketones (excluding diaryl/α,β-unsaturated/α-hetero) is 1. The molecule has 2 aromatic rings. The van der Waals surface area contributed by atoms with E-state index in [-0.39, 0.29) is 23.3 Å². The number of hydrogen-bond donors (Lipinski definition) is 1. The molecule has 0 radical (unpaired) electrons. The van der Waals surface area contributed by atoms with Crippen LogP contribution < -0.4 is 5.56 Å². The molecule has 2 heterocycles. The highest BCUT2D eigenvalue weighted by molar-refractivity contribution is 6.02. The minimum Gasteiger partial charge on any atom is -0.333 e. The summed E-state index contributed by atoms with van der Waals surface area (Å²) in [6, 6.07) is 1.45. The quantitative estimate of drug-likeness (QED) is 0.889. The molecule has 0 saturated carbocycles. The zero-order chi connectivity index (χ0) is 19.1. The maximum atomic E-state index is 12.9. The summed E-state index contributed by atoms with van der Waals surface area (Å²) in [5, 5.41) is 7.83. The van der Waals surface area contributed by atoms with E-state index in [0.717, 1.165) is 0 Å². The molecule has 1 N–H and O–H groups in total. The molecule has 0 bridgehead atoms. The number of H-pyrrole nitrogens is 1. The number of rotatable bonds is 4. The Kier molecular flexibility index (Phi) is 4.52. The fraction of sp³-hybridized carbons (Fsp3) is 0.500. The number of nitrogens with zero attached hydrogens (tertiary/aromatic N) is 4. The molecule has 0 atom stereocenters. The van der Waals surface area contributed by atoms with E-state index in [1.807, 2.05) is 20.8 Å². The van der Waals surface area contributed by atoms with Crippen molar-refractivity contribution in [2.45, 2.75) is 40.2 Å². The number of nitrogens with one attached hydrogen (secondary N) is 1. The number of amides is 1. The Morgan fingerprint density at radius 3 is 2.69 bits per heavy atom. The number of aryl methyl sites for hydroxylation is 1. The molecule has 0 aliphatic heterocycles. The van der Waals surface area contributed by atoms with E-state index in [4.69, 9.17) is 0 Å². The average molecular weight is 357 g/mol. The van der Waals surface area contributed by atoms with Crippen LogP contribution in [0.4, 0.5) is 0 Å². The van der Waals surface area contributed by atoms with Crippen molar-refractivity contribution in [2.75, 3.05) is 6.54 Å². The van der Waals surface area contributed by atoms with Gasteiger partial charge in [-0.15, -0.1) is 5.10 Å². The summed E-state index contributed by atoms with van der Waals surface area (Å²) in [4.78, 5) is 42.1. The van der Waals surface area contributed by atoms with E-state index in [2.05, 4.69) is 15.3 Å². The fourth-order valence-electron chi connectivity index (χ4n) is 3.35. The van der Waals surface area contributed by atoms with E-state index in [1.165, 1.54) is 11.0 Å². The topological polar surface area (TPSA) is 101 Å². The van der Waals surface area contributed by atoms with Crippen LogP contribution in [0.15, 0.2) is 17.1 Å². The van der Waals surface area contributed by atoms with E-state index in [9.17, 15) is 14.4 Å². The number of carbonyl (C=O) groups excluding carboxylic acids is 2. The Hall–Kier alpha value is -2.77. The van der Waals surface area contributed by atoms with E-state index < -0.39 is 11.5 Å². The molecule has 3 rings (SSSR count). The lowest BCUT2D eigenvalue weighted by molar-refractivity contribution is 0.0748. The normalized spacial score (nSPS) is 15.6. The SMILES string of the molecule is CCN(Cc1cn(C)nn1)C(=O)c1cc2c([nH]c1=O)CC(C)(C)CC2=O. The molecule has 26 heavy (non-hydrogen) atoms. The number of carbonyl (C=O) groups is 2. The molecule has 0 fully saturated rings. The molecule has 8 nitrogen and oxygen atoms in total. The van der Waals surface area contributed by atoms with Gasteiger partial charge in [-0.1, -0.05) is 19.1 Å². The van der Waals surface area contributed by atoms with E-state index >= 15 is 0 Å². The first-order valence-electron chi connectivity index (χ1n) is 8.64. The molecule has 0 saturated heterocycles. The number of fused-ring (bicyclic) bond motifs is 1. The zero-order valence-corrected chi connectivity index (χ0v) is 15.5. The standard InChI is InChI=1S/C18H23N5O3/c1-5-23(10-11-9-22(4)21-20-11)17(26)13-6-12-14(19-16(13)25)7-18(2,3)8-15(12)24/h6,9H,5,7-8,10H2,1-4H3,(H,19,25). The maximum Gasteiger partial charge on any atom is 0.261 e. The van der Waals surface area contributed by atoms with Crippen LogP contribution in [0.5, 0.6) is 0 Å². The van der Waals surface area contributed by atoms with Gasteiger partial charge < -0.3 is 9.88 Å². The van der Waals surface area contributed by atoms with Crippen LogP contribution in [-0.4, -0.2) is 43.1 Å². The van der Waals surface area contributed by atoms with Gasteiger partial charge in [0.15, 0.2) is 5.78 Å². The van der Waals surface area contributed by atoms with Crippen molar-refractivity contribution in [1.29, 1.82) is 0 Å². The Morgan fingerprint density at radius 2 is 2.08 bits per heavy atom. The van der Waals surface area contributed by atoms with Crippen LogP contribution in [0.25, 0.3) is 0 Å². The monoisotopic (exact) mass is 357 g/mol. The molecular formula is C18H23N5O3. The predicted octanol–water partition coefficient (Wildman–Crippen LogP) is 1.32. The summed E-state index contributed by atoms with van der Waals surface area (Å²) >= 11 is 0. The molecule has 2 aromatic heterocycles. The number of aromatic nitrogens is 4. The zero-order valence-electron chi connectivity index (χ0n) is 15.5. The van der Waals surface area contributed by atoms with Crippen LogP contribution in [-0.2, 0) is 20.0 Å². The lowest BCUT2D eigenvalue weighted by atomic mass is 9.75. The molecule has 1 amide bonds. The number of hydrogen-bond acceptors (Lipinski definition) is 5.